The van der Waals surface area contributed by atoms with Gasteiger partial charge in [0.2, 0.25) is 11.8 Å². The van der Waals surface area contributed by atoms with Gasteiger partial charge in [0.1, 0.15) is 0 Å². The van der Waals surface area contributed by atoms with Gasteiger partial charge in [-0.05, 0) is 19.3 Å². The zero-order chi connectivity index (χ0) is 14.2. The lowest BCUT2D eigenvalue weighted by Gasteiger charge is -2.18. The molecule has 1 saturated carbocycles. The molecule has 0 aliphatic heterocycles. The molecule has 0 aromatic carbocycles. The fourth-order valence-electron chi connectivity index (χ4n) is 2.18. The van der Waals surface area contributed by atoms with Gasteiger partial charge in [-0.3, -0.25) is 19.5 Å². The van der Waals surface area contributed by atoms with E-state index >= 15 is 0 Å². The molecular formula is C10H15N5O4. The zero-order valence-electron chi connectivity index (χ0n) is 10.4. The van der Waals surface area contributed by atoms with E-state index in [1.165, 1.54) is 7.05 Å². The Morgan fingerprint density at radius 2 is 2.26 bits per heavy atom. The molecule has 1 aromatic heterocycles. The van der Waals surface area contributed by atoms with Gasteiger partial charge in [-0.25, -0.2) is 0 Å². The standard InChI is InChI=1S/C10H15N5O4/c1-14-9(17)7(15(18)19)8(11)13-10(14)12-5-3-2-4-6(5)16/h5-6,16H,2-4,11H2,1H3,(H,12,13)/t5-,6-/m1/s1. The Labute approximate surface area is 108 Å². The molecule has 1 heterocycles. The molecule has 0 unspecified atom stereocenters. The maximum atomic E-state index is 11.8. The van der Waals surface area contributed by atoms with Crippen molar-refractivity contribution in [3.8, 4) is 0 Å². The minimum atomic E-state index is -0.848. The number of aromatic nitrogens is 2. The van der Waals surface area contributed by atoms with Crippen molar-refractivity contribution in [2.45, 2.75) is 31.4 Å². The number of nitrogen functional groups attached to an aromatic ring is 1. The van der Waals surface area contributed by atoms with E-state index in [2.05, 4.69) is 10.3 Å². The highest BCUT2D eigenvalue weighted by Crippen LogP contribution is 2.23. The Balaban J connectivity index is 2.37. The average molecular weight is 269 g/mol. The Morgan fingerprint density at radius 3 is 2.79 bits per heavy atom. The number of nitrogens with two attached hydrogens (primary N) is 1. The lowest BCUT2D eigenvalue weighted by Crippen LogP contribution is -2.33. The lowest BCUT2D eigenvalue weighted by atomic mass is 10.2. The van der Waals surface area contributed by atoms with Gasteiger partial charge in [0.05, 0.1) is 17.1 Å². The summed E-state index contributed by atoms with van der Waals surface area (Å²) in [5, 5.41) is 23.3. The topological polar surface area (TPSA) is 136 Å². The summed E-state index contributed by atoms with van der Waals surface area (Å²) >= 11 is 0. The van der Waals surface area contributed by atoms with Gasteiger partial charge in [0.25, 0.3) is 0 Å². The molecular weight excluding hydrogens is 254 g/mol. The number of rotatable bonds is 3. The van der Waals surface area contributed by atoms with Crippen molar-refractivity contribution in [3.05, 3.63) is 20.5 Å². The number of nitro groups is 1. The molecule has 1 aromatic rings. The maximum Gasteiger partial charge on any atom is 0.375 e. The quantitative estimate of drug-likeness (QED) is 0.501. The summed E-state index contributed by atoms with van der Waals surface area (Å²) < 4.78 is 1.03. The first kappa shape index (κ1) is 13.3. The number of anilines is 2. The predicted octanol–water partition coefficient (Wildman–Crippen LogP) is -0.404. The molecule has 104 valence electrons. The van der Waals surface area contributed by atoms with E-state index < -0.39 is 28.1 Å². The van der Waals surface area contributed by atoms with Crippen molar-refractivity contribution >= 4 is 17.5 Å². The molecule has 0 radical (unpaired) electrons. The largest absolute Gasteiger partial charge is 0.391 e. The van der Waals surface area contributed by atoms with Gasteiger partial charge in [-0.15, -0.1) is 0 Å². The van der Waals surface area contributed by atoms with Crippen LogP contribution in [0.15, 0.2) is 4.79 Å². The molecule has 1 aliphatic rings. The number of aliphatic hydroxyl groups excluding tert-OH is 1. The first-order valence-corrected chi connectivity index (χ1v) is 5.87. The number of aliphatic hydroxyl groups is 1. The number of hydrogen-bond donors (Lipinski definition) is 3. The SMILES string of the molecule is Cn1c(N[C@@H]2CCC[C@H]2O)nc(N)c([N+](=O)[O-])c1=O. The van der Waals surface area contributed by atoms with Crippen molar-refractivity contribution < 1.29 is 10.0 Å². The molecule has 2 atom stereocenters. The summed E-state index contributed by atoms with van der Waals surface area (Å²) in [7, 11) is 1.37. The highest BCUT2D eigenvalue weighted by Gasteiger charge is 2.28. The fourth-order valence-corrected chi connectivity index (χ4v) is 2.18. The van der Waals surface area contributed by atoms with E-state index in [1.54, 1.807) is 0 Å². The number of nitrogens with one attached hydrogen (secondary N) is 1. The second-order valence-corrected chi connectivity index (χ2v) is 4.54. The number of hydrogen-bond acceptors (Lipinski definition) is 7. The molecule has 0 saturated heterocycles. The second-order valence-electron chi connectivity index (χ2n) is 4.54. The Bertz CT molecular complexity index is 570. The molecule has 0 amide bonds. The Hall–Kier alpha value is -2.16. The van der Waals surface area contributed by atoms with Crippen LogP contribution >= 0.6 is 0 Å². The van der Waals surface area contributed by atoms with Crippen molar-refractivity contribution in [3.63, 3.8) is 0 Å². The van der Waals surface area contributed by atoms with Crippen molar-refractivity contribution in [2.24, 2.45) is 7.05 Å². The van der Waals surface area contributed by atoms with Crippen LogP contribution in [0.4, 0.5) is 17.5 Å². The van der Waals surface area contributed by atoms with Gasteiger partial charge >= 0.3 is 11.2 Å². The van der Waals surface area contributed by atoms with E-state index in [9.17, 15) is 20.0 Å². The first-order chi connectivity index (χ1) is 8.91. The van der Waals surface area contributed by atoms with Crippen LogP contribution in [0.3, 0.4) is 0 Å². The molecule has 19 heavy (non-hydrogen) atoms. The third-order valence-electron chi connectivity index (χ3n) is 3.27. The van der Waals surface area contributed by atoms with Gasteiger partial charge in [0, 0.05) is 7.05 Å². The van der Waals surface area contributed by atoms with Crippen LogP contribution in [0.2, 0.25) is 0 Å². The molecule has 1 aliphatic carbocycles. The fraction of sp³-hybridized carbons (Fsp3) is 0.600. The Morgan fingerprint density at radius 1 is 1.58 bits per heavy atom. The highest BCUT2D eigenvalue weighted by molar-refractivity contribution is 5.54. The molecule has 0 spiro atoms. The maximum absolute atomic E-state index is 11.8. The van der Waals surface area contributed by atoms with Gasteiger partial charge < -0.3 is 16.2 Å². The van der Waals surface area contributed by atoms with Crippen LogP contribution < -0.4 is 16.6 Å². The molecule has 4 N–H and O–H groups in total. The van der Waals surface area contributed by atoms with E-state index in [1.807, 2.05) is 0 Å². The van der Waals surface area contributed by atoms with Gasteiger partial charge in [-0.1, -0.05) is 0 Å². The van der Waals surface area contributed by atoms with Crippen LogP contribution in [0.1, 0.15) is 19.3 Å². The van der Waals surface area contributed by atoms with Crippen LogP contribution in [0.25, 0.3) is 0 Å². The smallest absolute Gasteiger partial charge is 0.375 e. The zero-order valence-corrected chi connectivity index (χ0v) is 10.4. The average Bonchev–Trinajstić information content (AvgIpc) is 2.71. The minimum Gasteiger partial charge on any atom is -0.391 e. The second kappa shape index (κ2) is 4.84. The summed E-state index contributed by atoms with van der Waals surface area (Å²) in [4.78, 5) is 25.5. The predicted molar refractivity (Wildman–Crippen MR) is 67.8 cm³/mol. The lowest BCUT2D eigenvalue weighted by molar-refractivity contribution is -0.385. The van der Waals surface area contributed by atoms with Crippen molar-refractivity contribution in [2.75, 3.05) is 11.1 Å². The summed E-state index contributed by atoms with van der Waals surface area (Å²) in [6.07, 6.45) is 1.77. The highest BCUT2D eigenvalue weighted by atomic mass is 16.6. The molecule has 2 rings (SSSR count). The van der Waals surface area contributed by atoms with Crippen molar-refractivity contribution in [1.29, 1.82) is 0 Å². The molecule has 9 nitrogen and oxygen atoms in total. The van der Waals surface area contributed by atoms with Gasteiger partial charge in [-0.2, -0.15) is 4.98 Å². The van der Waals surface area contributed by atoms with Gasteiger partial charge in [0.15, 0.2) is 0 Å². The van der Waals surface area contributed by atoms with Crippen LogP contribution in [-0.4, -0.2) is 31.7 Å². The minimum absolute atomic E-state index is 0.124. The van der Waals surface area contributed by atoms with Crippen LogP contribution in [0, 0.1) is 10.1 Å². The van der Waals surface area contributed by atoms with Crippen LogP contribution in [0.5, 0.6) is 0 Å². The van der Waals surface area contributed by atoms with E-state index in [0.717, 1.165) is 17.4 Å². The van der Waals surface area contributed by atoms with E-state index in [0.29, 0.717) is 6.42 Å². The molecule has 1 fully saturated rings. The summed E-state index contributed by atoms with van der Waals surface area (Å²) in [5.74, 6) is -0.304. The van der Waals surface area contributed by atoms with Crippen LogP contribution in [-0.2, 0) is 7.05 Å². The normalized spacial score (nSPS) is 22.4. The van der Waals surface area contributed by atoms with E-state index in [4.69, 9.17) is 5.73 Å². The van der Waals surface area contributed by atoms with E-state index in [-0.39, 0.29) is 12.0 Å². The third kappa shape index (κ3) is 2.36. The first-order valence-electron chi connectivity index (χ1n) is 5.87. The molecule has 9 heteroatoms. The molecule has 0 bridgehead atoms. The third-order valence-corrected chi connectivity index (χ3v) is 3.27. The summed E-state index contributed by atoms with van der Waals surface area (Å²) in [6, 6.07) is -0.223. The Kier molecular flexibility index (Phi) is 3.38. The number of nitrogens with zero attached hydrogens (tertiary/aromatic N) is 3. The van der Waals surface area contributed by atoms with Crippen molar-refractivity contribution in [1.82, 2.24) is 9.55 Å². The summed E-state index contributed by atoms with van der Waals surface area (Å²) in [6.45, 7) is 0. The monoisotopic (exact) mass is 269 g/mol. The summed E-state index contributed by atoms with van der Waals surface area (Å²) in [5.41, 5.74) is 3.87.